The van der Waals surface area contributed by atoms with Crippen LogP contribution in [-0.2, 0) is 4.79 Å². The van der Waals surface area contributed by atoms with Crippen molar-refractivity contribution in [3.05, 3.63) is 0 Å². The zero-order valence-electron chi connectivity index (χ0n) is 6.34. The normalized spacial score (nSPS) is 32.1. The molecule has 1 saturated carbocycles. The Hall–Kier alpha value is -0.465. The van der Waals surface area contributed by atoms with Crippen LogP contribution in [0.2, 0.25) is 12.6 Å². The van der Waals surface area contributed by atoms with Gasteiger partial charge >= 0.3 is 5.97 Å². The number of carboxylic acid groups (broad SMARTS) is 1. The Kier molecular flexibility index (Phi) is 2.36. The van der Waals surface area contributed by atoms with Gasteiger partial charge in [0, 0.05) is 0 Å². The third kappa shape index (κ3) is 1.52. The van der Waals surface area contributed by atoms with Gasteiger partial charge in [0.2, 0.25) is 0 Å². The molecule has 56 valence electrons. The second-order valence-corrected chi connectivity index (χ2v) is 3.12. The fourth-order valence-electron chi connectivity index (χ4n) is 1.67. The van der Waals surface area contributed by atoms with Crippen LogP contribution >= 0.6 is 0 Å². The highest BCUT2D eigenvalue weighted by Gasteiger charge is 2.28. The summed E-state index contributed by atoms with van der Waals surface area (Å²) >= 11 is 0. The number of aliphatic carboxylic acids is 1. The predicted molar refractivity (Wildman–Crippen MR) is 41.7 cm³/mol. The van der Waals surface area contributed by atoms with Gasteiger partial charge in [0.15, 0.2) is 0 Å². The molecule has 1 rings (SSSR count). The van der Waals surface area contributed by atoms with Crippen molar-refractivity contribution in [1.29, 1.82) is 0 Å². The Bertz CT molecular complexity index is 136. The summed E-state index contributed by atoms with van der Waals surface area (Å²) < 4.78 is 0. The van der Waals surface area contributed by atoms with E-state index in [0.717, 1.165) is 26.5 Å². The van der Waals surface area contributed by atoms with Crippen LogP contribution in [-0.4, -0.2) is 18.4 Å². The highest BCUT2D eigenvalue weighted by molar-refractivity contribution is 6.35. The van der Waals surface area contributed by atoms with Gasteiger partial charge in [0.05, 0.1) is 5.92 Å². The summed E-state index contributed by atoms with van der Waals surface area (Å²) in [5.74, 6) is 0.0435. The third-order valence-corrected chi connectivity index (χ3v) is 2.47. The second-order valence-electron chi connectivity index (χ2n) is 3.12. The van der Waals surface area contributed by atoms with Crippen molar-refractivity contribution in [3.63, 3.8) is 0 Å². The summed E-state index contributed by atoms with van der Waals surface area (Å²) in [5.41, 5.74) is 0. The van der Waals surface area contributed by atoms with Gasteiger partial charge in [-0.3, -0.25) is 4.79 Å². The average molecular weight is 140 g/mol. The Labute approximate surface area is 61.9 Å². The van der Waals surface area contributed by atoms with Gasteiger partial charge < -0.3 is 5.11 Å². The van der Waals surface area contributed by atoms with Crippen LogP contribution in [0, 0.1) is 5.92 Å². The second kappa shape index (κ2) is 3.08. The zero-order valence-corrected chi connectivity index (χ0v) is 6.34. The van der Waals surface area contributed by atoms with Crippen molar-refractivity contribution in [3.8, 4) is 0 Å². The molecule has 0 spiro atoms. The molecule has 3 heteroatoms. The monoisotopic (exact) mass is 140 g/mol. The van der Waals surface area contributed by atoms with Crippen LogP contribution in [0.4, 0.5) is 0 Å². The van der Waals surface area contributed by atoms with Crippen molar-refractivity contribution in [2.75, 3.05) is 0 Å². The number of carbonyl (C=O) groups is 1. The van der Waals surface area contributed by atoms with E-state index in [0.29, 0.717) is 5.82 Å². The molecular formula is C7H13BO2. The maximum absolute atomic E-state index is 10.5. The molecule has 0 saturated heterocycles. The van der Waals surface area contributed by atoms with Gasteiger partial charge in [0.1, 0.15) is 7.28 Å². The molecule has 2 nitrogen and oxygen atoms in total. The standard InChI is InChI=1S/C7H13BO2/c1-8-6-3-2-5(4-6)7(9)10/h5-6,8H,2-4H2,1H3,(H,9,10)/t5-,6+/m1/s1. The van der Waals surface area contributed by atoms with E-state index in [1.807, 2.05) is 0 Å². The van der Waals surface area contributed by atoms with E-state index in [9.17, 15) is 4.79 Å². The van der Waals surface area contributed by atoms with Crippen LogP contribution in [0.25, 0.3) is 0 Å². The molecule has 10 heavy (non-hydrogen) atoms. The lowest BCUT2D eigenvalue weighted by Gasteiger charge is -2.02. The van der Waals surface area contributed by atoms with Gasteiger partial charge in [-0.15, -0.1) is 0 Å². The maximum Gasteiger partial charge on any atom is 0.306 e. The first kappa shape index (κ1) is 7.64. The SMILES string of the molecule is CB[C@H]1CC[C@@H](C(=O)O)C1. The molecule has 0 bridgehead atoms. The molecule has 0 aromatic heterocycles. The minimum atomic E-state index is -0.601. The molecule has 0 aliphatic heterocycles. The first-order chi connectivity index (χ1) is 4.74. The smallest absolute Gasteiger partial charge is 0.306 e. The van der Waals surface area contributed by atoms with Gasteiger partial charge in [0.25, 0.3) is 0 Å². The maximum atomic E-state index is 10.5. The molecule has 1 aliphatic carbocycles. The topological polar surface area (TPSA) is 37.3 Å². The van der Waals surface area contributed by atoms with Crippen molar-refractivity contribution in [2.45, 2.75) is 31.9 Å². The third-order valence-electron chi connectivity index (χ3n) is 2.47. The minimum absolute atomic E-state index is 0.0371. The van der Waals surface area contributed by atoms with E-state index in [2.05, 4.69) is 6.82 Å². The van der Waals surface area contributed by atoms with Crippen molar-refractivity contribution < 1.29 is 9.90 Å². The summed E-state index contributed by atoms with van der Waals surface area (Å²) in [4.78, 5) is 10.5. The quantitative estimate of drug-likeness (QED) is 0.584. The Morgan fingerprint density at radius 3 is 2.60 bits per heavy atom. The van der Waals surface area contributed by atoms with E-state index in [1.165, 1.54) is 0 Å². The lowest BCUT2D eigenvalue weighted by Crippen LogP contribution is -2.09. The molecule has 1 aliphatic rings. The summed E-state index contributed by atoms with van der Waals surface area (Å²) in [5, 5.41) is 8.63. The largest absolute Gasteiger partial charge is 0.481 e. The molecule has 0 amide bonds. The molecule has 0 aromatic carbocycles. The summed E-state index contributed by atoms with van der Waals surface area (Å²) in [7, 11) is 1.14. The van der Waals surface area contributed by atoms with Crippen molar-refractivity contribution >= 4 is 13.2 Å². The Balaban J connectivity index is 2.35. The van der Waals surface area contributed by atoms with E-state index < -0.39 is 5.97 Å². The highest BCUT2D eigenvalue weighted by atomic mass is 16.4. The van der Waals surface area contributed by atoms with Crippen LogP contribution in [0.1, 0.15) is 19.3 Å². The van der Waals surface area contributed by atoms with Crippen LogP contribution < -0.4 is 0 Å². The highest BCUT2D eigenvalue weighted by Crippen LogP contribution is 2.34. The molecule has 0 unspecified atom stereocenters. The van der Waals surface area contributed by atoms with E-state index in [-0.39, 0.29) is 5.92 Å². The van der Waals surface area contributed by atoms with E-state index >= 15 is 0 Å². The van der Waals surface area contributed by atoms with Crippen LogP contribution in [0.3, 0.4) is 0 Å². The van der Waals surface area contributed by atoms with Crippen molar-refractivity contribution in [2.24, 2.45) is 5.92 Å². The molecule has 2 atom stereocenters. The summed E-state index contributed by atoms with van der Waals surface area (Å²) in [6.45, 7) is 2.13. The fourth-order valence-corrected chi connectivity index (χ4v) is 1.67. The lowest BCUT2D eigenvalue weighted by molar-refractivity contribution is -0.141. The molecule has 1 fully saturated rings. The van der Waals surface area contributed by atoms with Gasteiger partial charge in [-0.2, -0.15) is 0 Å². The van der Waals surface area contributed by atoms with Crippen molar-refractivity contribution in [1.82, 2.24) is 0 Å². The van der Waals surface area contributed by atoms with Crippen LogP contribution in [0.5, 0.6) is 0 Å². The Morgan fingerprint density at radius 2 is 2.30 bits per heavy atom. The van der Waals surface area contributed by atoms with Gasteiger partial charge in [-0.05, 0) is 12.8 Å². The number of hydrogen-bond acceptors (Lipinski definition) is 1. The number of hydrogen-bond donors (Lipinski definition) is 1. The average Bonchev–Trinajstić information content (AvgIpc) is 2.34. The molecule has 0 aromatic rings. The summed E-state index contributed by atoms with van der Waals surface area (Å²) in [6, 6.07) is 0. The molecule has 0 heterocycles. The first-order valence-electron chi connectivity index (χ1n) is 3.96. The summed E-state index contributed by atoms with van der Waals surface area (Å²) in [6.07, 6.45) is 2.92. The van der Waals surface area contributed by atoms with Gasteiger partial charge in [-0.25, -0.2) is 0 Å². The predicted octanol–water partition coefficient (Wildman–Crippen LogP) is 1.14. The molecule has 1 N–H and O–H groups in total. The Morgan fingerprint density at radius 1 is 1.60 bits per heavy atom. The minimum Gasteiger partial charge on any atom is -0.481 e. The number of carboxylic acids is 1. The fraction of sp³-hybridized carbons (Fsp3) is 0.857. The molecular weight excluding hydrogens is 127 g/mol. The van der Waals surface area contributed by atoms with E-state index in [1.54, 1.807) is 0 Å². The number of rotatable bonds is 2. The first-order valence-corrected chi connectivity index (χ1v) is 3.96. The molecule has 0 radical (unpaired) electrons. The van der Waals surface area contributed by atoms with Crippen LogP contribution in [0.15, 0.2) is 0 Å². The van der Waals surface area contributed by atoms with E-state index in [4.69, 9.17) is 5.11 Å². The zero-order chi connectivity index (χ0) is 7.56. The van der Waals surface area contributed by atoms with Gasteiger partial charge in [-0.1, -0.05) is 19.1 Å². The lowest BCUT2D eigenvalue weighted by atomic mass is 9.66.